The zero-order valence-electron chi connectivity index (χ0n) is 11.9. The van der Waals surface area contributed by atoms with Gasteiger partial charge in [-0.15, -0.1) is 0 Å². The third-order valence-corrected chi connectivity index (χ3v) is 3.27. The van der Waals surface area contributed by atoms with Crippen LogP contribution in [-0.4, -0.2) is 27.2 Å². The molecule has 1 aromatic carbocycles. The van der Waals surface area contributed by atoms with Gasteiger partial charge in [-0.2, -0.15) is 4.98 Å². The van der Waals surface area contributed by atoms with Gasteiger partial charge in [0.05, 0.1) is 12.7 Å². The first-order valence-corrected chi connectivity index (χ1v) is 6.62. The van der Waals surface area contributed by atoms with Gasteiger partial charge in [0.1, 0.15) is 29.7 Å². The smallest absolute Gasteiger partial charge is 0.262 e. The van der Waals surface area contributed by atoms with Crippen molar-refractivity contribution < 1.29 is 18.1 Å². The highest BCUT2D eigenvalue weighted by atomic mass is 19.1. The Balaban J connectivity index is 1.78. The minimum Gasteiger partial charge on any atom is -0.481 e. The molecule has 0 aliphatic heterocycles. The molecule has 0 bridgehead atoms. The zero-order valence-corrected chi connectivity index (χ0v) is 11.9. The molecule has 23 heavy (non-hydrogen) atoms. The molecule has 0 unspecified atom stereocenters. The second-order valence-corrected chi connectivity index (χ2v) is 4.66. The third kappa shape index (κ3) is 2.30. The Morgan fingerprint density at radius 3 is 2.96 bits per heavy atom. The fraction of sp³-hybridized carbons (Fsp3) is 0.0667. The Hall–Kier alpha value is -3.29. The first kappa shape index (κ1) is 13.4. The first-order valence-electron chi connectivity index (χ1n) is 6.62. The number of hydrogen-bond acceptors (Lipinski definition) is 7. The molecule has 0 fully saturated rings. The Morgan fingerprint density at radius 1 is 1.17 bits per heavy atom. The molecule has 0 N–H and O–H groups in total. The Morgan fingerprint density at radius 2 is 2.09 bits per heavy atom. The molecule has 0 atom stereocenters. The van der Waals surface area contributed by atoms with Gasteiger partial charge in [0.15, 0.2) is 0 Å². The Labute approximate surface area is 128 Å². The topological polar surface area (TPSA) is 87.1 Å². The lowest BCUT2D eigenvalue weighted by Crippen LogP contribution is -1.91. The molecular formula is C15H9FN4O3. The number of hydrogen-bond donors (Lipinski definition) is 0. The van der Waals surface area contributed by atoms with Crippen LogP contribution in [-0.2, 0) is 0 Å². The monoisotopic (exact) mass is 312 g/mol. The Kier molecular flexibility index (Phi) is 3.00. The van der Waals surface area contributed by atoms with E-state index in [0.29, 0.717) is 28.1 Å². The van der Waals surface area contributed by atoms with Crippen LogP contribution in [0.2, 0.25) is 0 Å². The number of benzene rings is 1. The van der Waals surface area contributed by atoms with E-state index in [4.69, 9.17) is 13.7 Å². The number of methoxy groups -OCH3 is 1. The van der Waals surface area contributed by atoms with Crippen molar-refractivity contribution in [2.45, 2.75) is 0 Å². The van der Waals surface area contributed by atoms with Crippen molar-refractivity contribution in [3.05, 3.63) is 42.7 Å². The van der Waals surface area contributed by atoms with Crippen LogP contribution in [0.4, 0.5) is 4.39 Å². The van der Waals surface area contributed by atoms with Crippen LogP contribution in [0.1, 0.15) is 0 Å². The lowest BCUT2D eigenvalue weighted by atomic mass is 10.2. The van der Waals surface area contributed by atoms with Gasteiger partial charge < -0.3 is 13.7 Å². The summed E-state index contributed by atoms with van der Waals surface area (Å²) < 4.78 is 29.1. The van der Waals surface area contributed by atoms with Gasteiger partial charge in [0, 0.05) is 11.5 Å². The molecule has 3 heterocycles. The number of rotatable bonds is 3. The lowest BCUT2D eigenvalue weighted by molar-refractivity contribution is 0.397. The van der Waals surface area contributed by atoms with E-state index in [-0.39, 0.29) is 17.5 Å². The van der Waals surface area contributed by atoms with Crippen molar-refractivity contribution in [1.29, 1.82) is 0 Å². The van der Waals surface area contributed by atoms with E-state index < -0.39 is 0 Å². The molecule has 4 rings (SSSR count). The average molecular weight is 312 g/mol. The quantitative estimate of drug-likeness (QED) is 0.574. The van der Waals surface area contributed by atoms with Crippen LogP contribution in [0, 0.1) is 5.82 Å². The molecule has 0 radical (unpaired) electrons. The number of fused-ring (bicyclic) bond motifs is 1. The fourth-order valence-corrected chi connectivity index (χ4v) is 2.18. The summed E-state index contributed by atoms with van der Waals surface area (Å²) in [7, 11) is 1.50. The average Bonchev–Trinajstić information content (AvgIpc) is 3.21. The van der Waals surface area contributed by atoms with E-state index in [1.54, 1.807) is 12.1 Å². The summed E-state index contributed by atoms with van der Waals surface area (Å²) in [6.45, 7) is 0. The summed E-state index contributed by atoms with van der Waals surface area (Å²) in [5, 5.41) is 4.44. The van der Waals surface area contributed by atoms with Crippen molar-refractivity contribution in [2.24, 2.45) is 0 Å². The molecule has 0 saturated heterocycles. The largest absolute Gasteiger partial charge is 0.481 e. The van der Waals surface area contributed by atoms with Gasteiger partial charge in [-0.3, -0.25) is 0 Å². The van der Waals surface area contributed by atoms with Crippen LogP contribution in [0.25, 0.3) is 33.9 Å². The molecule has 114 valence electrons. The van der Waals surface area contributed by atoms with Crippen LogP contribution in [0.5, 0.6) is 5.88 Å². The van der Waals surface area contributed by atoms with E-state index in [9.17, 15) is 4.39 Å². The zero-order chi connectivity index (χ0) is 15.8. The van der Waals surface area contributed by atoms with Crippen LogP contribution in [0.15, 0.2) is 45.8 Å². The molecule has 0 spiro atoms. The van der Waals surface area contributed by atoms with Gasteiger partial charge in [-0.05, 0) is 18.2 Å². The summed E-state index contributed by atoms with van der Waals surface area (Å²) in [5.41, 5.74) is 1.50. The SMILES string of the molecule is COc1cc(-c2noc(-c3coc4ccc(F)cc34)n2)ncn1. The second kappa shape index (κ2) is 5.16. The van der Waals surface area contributed by atoms with Crippen molar-refractivity contribution in [1.82, 2.24) is 20.1 Å². The number of nitrogens with zero attached hydrogens (tertiary/aromatic N) is 4. The molecule has 0 amide bonds. The van der Waals surface area contributed by atoms with E-state index in [2.05, 4.69) is 20.1 Å². The maximum Gasteiger partial charge on any atom is 0.262 e. The van der Waals surface area contributed by atoms with Crippen molar-refractivity contribution in [3.8, 4) is 28.9 Å². The van der Waals surface area contributed by atoms with E-state index in [1.165, 1.54) is 31.8 Å². The normalized spacial score (nSPS) is 11.0. The highest BCUT2D eigenvalue weighted by molar-refractivity contribution is 5.91. The van der Waals surface area contributed by atoms with Gasteiger partial charge in [-0.25, -0.2) is 14.4 Å². The van der Waals surface area contributed by atoms with Crippen molar-refractivity contribution in [3.63, 3.8) is 0 Å². The van der Waals surface area contributed by atoms with Gasteiger partial charge in [0.2, 0.25) is 11.7 Å². The highest BCUT2D eigenvalue weighted by Gasteiger charge is 2.17. The molecule has 0 aliphatic carbocycles. The number of halogens is 1. The summed E-state index contributed by atoms with van der Waals surface area (Å²) in [4.78, 5) is 12.3. The Bertz CT molecular complexity index is 995. The molecule has 0 saturated carbocycles. The summed E-state index contributed by atoms with van der Waals surface area (Å²) >= 11 is 0. The van der Waals surface area contributed by atoms with E-state index >= 15 is 0 Å². The predicted octanol–water partition coefficient (Wildman–Crippen LogP) is 3.09. The molecule has 0 aliphatic rings. The lowest BCUT2D eigenvalue weighted by Gasteiger charge is -1.97. The van der Waals surface area contributed by atoms with Gasteiger partial charge in [-0.1, -0.05) is 5.16 Å². The molecule has 8 heteroatoms. The van der Waals surface area contributed by atoms with Crippen molar-refractivity contribution in [2.75, 3.05) is 7.11 Å². The number of furan rings is 1. The fourth-order valence-electron chi connectivity index (χ4n) is 2.18. The molecule has 7 nitrogen and oxygen atoms in total. The predicted molar refractivity (Wildman–Crippen MR) is 77.0 cm³/mol. The van der Waals surface area contributed by atoms with Crippen LogP contribution < -0.4 is 4.74 Å². The van der Waals surface area contributed by atoms with Crippen molar-refractivity contribution >= 4 is 11.0 Å². The highest BCUT2D eigenvalue weighted by Crippen LogP contribution is 2.31. The molecular weight excluding hydrogens is 303 g/mol. The molecule has 3 aromatic heterocycles. The third-order valence-electron chi connectivity index (χ3n) is 3.27. The maximum atomic E-state index is 13.4. The van der Waals surface area contributed by atoms with Crippen LogP contribution in [0.3, 0.4) is 0 Å². The number of ether oxygens (including phenoxy) is 1. The van der Waals surface area contributed by atoms with E-state index in [1.807, 2.05) is 0 Å². The minimum atomic E-state index is -0.375. The van der Waals surface area contributed by atoms with E-state index in [0.717, 1.165) is 0 Å². The number of aromatic nitrogens is 4. The standard InChI is InChI=1S/C15H9FN4O3/c1-21-13-5-11(17-7-18-13)14-19-15(23-20-14)10-6-22-12-3-2-8(16)4-9(10)12/h2-7H,1H3. The van der Waals surface area contributed by atoms with Crippen LogP contribution >= 0.6 is 0 Å². The van der Waals surface area contributed by atoms with Gasteiger partial charge >= 0.3 is 0 Å². The summed E-state index contributed by atoms with van der Waals surface area (Å²) in [5.74, 6) is 0.492. The molecule has 4 aromatic rings. The first-order chi connectivity index (χ1) is 11.2. The minimum absolute atomic E-state index is 0.210. The maximum absolute atomic E-state index is 13.4. The second-order valence-electron chi connectivity index (χ2n) is 4.66. The van der Waals surface area contributed by atoms with Gasteiger partial charge in [0.25, 0.3) is 5.89 Å². The summed E-state index contributed by atoms with van der Waals surface area (Å²) in [6, 6.07) is 5.80. The summed E-state index contributed by atoms with van der Waals surface area (Å²) in [6.07, 6.45) is 2.79.